The van der Waals surface area contributed by atoms with Gasteiger partial charge < -0.3 is 20.2 Å². The van der Waals surface area contributed by atoms with Crippen LogP contribution in [0.4, 0.5) is 25.8 Å². The van der Waals surface area contributed by atoms with Crippen molar-refractivity contribution < 1.29 is 28.3 Å². The lowest BCUT2D eigenvalue weighted by Gasteiger charge is -2.74. The Labute approximate surface area is 338 Å². The van der Waals surface area contributed by atoms with Crippen LogP contribution in [0.25, 0.3) is 21.3 Å². The fourth-order valence-electron chi connectivity index (χ4n) is 10.3. The lowest BCUT2D eigenvalue weighted by molar-refractivity contribution is -0.217. The van der Waals surface area contributed by atoms with Gasteiger partial charge in [-0.3, -0.25) is 29.3 Å². The van der Waals surface area contributed by atoms with E-state index in [1.54, 1.807) is 32.0 Å². The van der Waals surface area contributed by atoms with E-state index in [-0.39, 0.29) is 35.4 Å². The normalized spacial score (nSPS) is 25.0. The number of aromatic nitrogens is 4. The van der Waals surface area contributed by atoms with Crippen molar-refractivity contribution in [3.63, 3.8) is 0 Å². The molecule has 0 unspecified atom stereocenters. The molecule has 3 saturated heterocycles. The number of halogens is 2. The Bertz CT molecular complexity index is 2580. The molecular weight excluding hydrogens is 759 g/mol. The average molecular weight is 803 g/mol. The number of rotatable bonds is 9. The van der Waals surface area contributed by atoms with Gasteiger partial charge in [0.2, 0.25) is 17.5 Å². The topological polar surface area (TPSA) is 145 Å². The van der Waals surface area contributed by atoms with Crippen molar-refractivity contribution in [3.05, 3.63) is 94.7 Å². The van der Waals surface area contributed by atoms with Crippen LogP contribution in [0.5, 0.6) is 0 Å². The van der Waals surface area contributed by atoms with E-state index < -0.39 is 35.0 Å². The van der Waals surface area contributed by atoms with E-state index in [1.165, 1.54) is 22.8 Å². The zero-order valence-electron chi connectivity index (χ0n) is 32.8. The highest BCUT2D eigenvalue weighted by Gasteiger charge is 2.71. The van der Waals surface area contributed by atoms with E-state index in [1.807, 2.05) is 17.0 Å². The number of hydrogen-bond acceptors (Lipinski definition) is 9. The van der Waals surface area contributed by atoms with E-state index in [0.29, 0.717) is 52.8 Å². The predicted octanol–water partition coefficient (Wildman–Crippen LogP) is 4.90. The average Bonchev–Trinajstić information content (AvgIpc) is 3.76. The molecule has 5 aromatic rings. The third-order valence-corrected chi connectivity index (χ3v) is 13.4. The maximum atomic E-state index is 15.1. The number of imide groups is 1. The summed E-state index contributed by atoms with van der Waals surface area (Å²) in [5, 5.41) is 26.5. The van der Waals surface area contributed by atoms with Crippen LogP contribution in [0.2, 0.25) is 0 Å². The van der Waals surface area contributed by atoms with Crippen LogP contribution < -0.4 is 15.5 Å². The molecule has 2 bridgehead atoms. The highest BCUT2D eigenvalue weighted by atomic mass is 19.1. The van der Waals surface area contributed by atoms with Crippen molar-refractivity contribution in [1.29, 1.82) is 0 Å². The van der Waals surface area contributed by atoms with Gasteiger partial charge in [-0.2, -0.15) is 10.2 Å². The summed E-state index contributed by atoms with van der Waals surface area (Å²) in [4.78, 5) is 47.8. The van der Waals surface area contributed by atoms with Gasteiger partial charge in [-0.15, -0.1) is 0 Å². The number of anilines is 2. The highest BCUT2D eigenvalue weighted by Crippen LogP contribution is 2.68. The Morgan fingerprint density at radius 1 is 1.03 bits per heavy atom. The molecule has 2 aromatic carbocycles. The van der Waals surface area contributed by atoms with Crippen molar-refractivity contribution in [2.45, 2.75) is 68.5 Å². The van der Waals surface area contributed by atoms with Gasteiger partial charge in [0.15, 0.2) is 0 Å². The van der Waals surface area contributed by atoms with E-state index in [0.717, 1.165) is 62.9 Å². The minimum absolute atomic E-state index is 0.0520. The second-order valence-electron chi connectivity index (χ2n) is 17.8. The standard InChI is InChI=1S/C43H44F2N10O4/c1-41(2,59)31-16-34-26(12-35(31)48-40(58)36-6-4-28-13-27(46-3)17-47-55(28)36)21-54(50-34)43-22-42(23-43,24-43)53-10-8-51(9-11-53)18-25-19-52(20-25)29-14-32(44)38(33(45)15-29)30-5-7-37(56)49-39(30)57/h4,6,12-17,21,25,30,59H,5,7-11,18-20,22-24H2,1-2H3,(H,48,58)(H,49,56,57)/t30-,42?,43?/m1/s1. The van der Waals surface area contributed by atoms with Crippen LogP contribution in [0.15, 0.2) is 54.9 Å². The third kappa shape index (κ3) is 6.25. The fraction of sp³-hybridized carbons (Fsp3) is 0.442. The Kier molecular flexibility index (Phi) is 8.51. The first kappa shape index (κ1) is 37.5. The second-order valence-corrected chi connectivity index (χ2v) is 17.8. The minimum atomic E-state index is -1.25. The number of nitrogens with one attached hydrogen (secondary N) is 2. The predicted molar refractivity (Wildman–Crippen MR) is 214 cm³/mol. The number of carbonyl (C=O) groups excluding carboxylic acids is 3. The number of nitrogens with zero attached hydrogens (tertiary/aromatic N) is 8. The molecule has 6 aliphatic rings. The molecular formula is C43H44F2N10O4. The number of aliphatic hydroxyl groups is 1. The quantitative estimate of drug-likeness (QED) is 0.140. The summed E-state index contributed by atoms with van der Waals surface area (Å²) in [5.41, 5.74) is 2.21. The first-order valence-corrected chi connectivity index (χ1v) is 20.2. The molecule has 11 rings (SSSR count). The number of amides is 3. The van der Waals surface area contributed by atoms with Gasteiger partial charge in [-0.1, -0.05) is 0 Å². The van der Waals surface area contributed by atoms with Crippen LogP contribution in [0.3, 0.4) is 0 Å². The number of hydrogen-bond donors (Lipinski definition) is 3. The second kappa shape index (κ2) is 13.4. The van der Waals surface area contributed by atoms with Gasteiger partial charge in [-0.25, -0.2) is 18.1 Å². The molecule has 3 aliphatic heterocycles. The molecule has 14 nitrogen and oxygen atoms in total. The molecule has 3 saturated carbocycles. The molecule has 59 heavy (non-hydrogen) atoms. The van der Waals surface area contributed by atoms with Crippen molar-refractivity contribution in [2.24, 2.45) is 5.92 Å². The van der Waals surface area contributed by atoms with E-state index in [9.17, 15) is 19.5 Å². The van der Waals surface area contributed by atoms with Crippen LogP contribution in [0.1, 0.15) is 73.5 Å². The highest BCUT2D eigenvalue weighted by molar-refractivity contribution is 6.05. The monoisotopic (exact) mass is 802 g/mol. The Morgan fingerprint density at radius 3 is 2.44 bits per heavy atom. The summed E-state index contributed by atoms with van der Waals surface area (Å²) in [6, 6.07) is 11.4. The summed E-state index contributed by atoms with van der Waals surface area (Å²) in [6.07, 6.45) is 6.69. The zero-order chi connectivity index (χ0) is 41.0. The van der Waals surface area contributed by atoms with Crippen molar-refractivity contribution >= 4 is 51.2 Å². The first-order chi connectivity index (χ1) is 28.2. The number of carbonyl (C=O) groups is 3. The fourth-order valence-corrected chi connectivity index (χ4v) is 10.3. The largest absolute Gasteiger partial charge is 0.386 e. The molecule has 304 valence electrons. The SMILES string of the molecule is [C-]#[N+]c1cnn2c(C(=O)Nc3cc4cn(C56CC(N7CCN(CC8CN(c9cc(F)c([C@H]%10CCC(=O)NC%10=O)c(F)c9)C8)CC7)(C5)C6)nc4cc3C(C)(C)O)ccc2c1. The molecule has 3 amide bonds. The summed E-state index contributed by atoms with van der Waals surface area (Å²) in [6.45, 7) is 16.9. The van der Waals surface area contributed by atoms with Crippen molar-refractivity contribution in [1.82, 2.24) is 34.5 Å². The minimum Gasteiger partial charge on any atom is -0.386 e. The molecule has 3 aromatic heterocycles. The van der Waals surface area contributed by atoms with E-state index in [2.05, 4.69) is 41.3 Å². The lowest BCUT2D eigenvalue weighted by atomic mass is 9.43. The van der Waals surface area contributed by atoms with Gasteiger partial charge in [-0.05, 0) is 82.0 Å². The van der Waals surface area contributed by atoms with Gasteiger partial charge in [0, 0.05) is 97.8 Å². The van der Waals surface area contributed by atoms with Gasteiger partial charge in [0.05, 0.1) is 40.9 Å². The van der Waals surface area contributed by atoms with Crippen LogP contribution in [0, 0.1) is 24.1 Å². The summed E-state index contributed by atoms with van der Waals surface area (Å²) >= 11 is 0. The molecule has 16 heteroatoms. The van der Waals surface area contributed by atoms with Crippen LogP contribution in [-0.4, -0.2) is 103 Å². The number of benzene rings is 2. The summed E-state index contributed by atoms with van der Waals surface area (Å²) in [7, 11) is 0. The summed E-state index contributed by atoms with van der Waals surface area (Å²) < 4.78 is 33.8. The Morgan fingerprint density at radius 2 is 1.76 bits per heavy atom. The number of piperidine rings is 1. The zero-order valence-corrected chi connectivity index (χ0v) is 32.8. The third-order valence-electron chi connectivity index (χ3n) is 13.4. The molecule has 3 aliphatic carbocycles. The maximum absolute atomic E-state index is 15.1. The number of fused-ring (bicyclic) bond motifs is 2. The van der Waals surface area contributed by atoms with Gasteiger partial charge >= 0.3 is 0 Å². The Hall–Kier alpha value is -5.76. The molecule has 0 spiro atoms. The molecule has 0 radical (unpaired) electrons. The Balaban J connectivity index is 0.742. The first-order valence-electron chi connectivity index (χ1n) is 20.2. The van der Waals surface area contributed by atoms with Crippen LogP contribution >= 0.6 is 0 Å². The van der Waals surface area contributed by atoms with Gasteiger partial charge in [0.1, 0.15) is 17.3 Å². The molecule has 6 fully saturated rings. The van der Waals surface area contributed by atoms with Crippen molar-refractivity contribution in [2.75, 3.05) is 56.0 Å². The lowest BCUT2D eigenvalue weighted by Crippen LogP contribution is -2.80. The maximum Gasteiger partial charge on any atom is 0.274 e. The number of piperazine rings is 1. The van der Waals surface area contributed by atoms with E-state index in [4.69, 9.17) is 11.7 Å². The van der Waals surface area contributed by atoms with Crippen molar-refractivity contribution in [3.8, 4) is 0 Å². The molecule has 3 N–H and O–H groups in total. The van der Waals surface area contributed by atoms with E-state index >= 15 is 8.78 Å². The summed E-state index contributed by atoms with van der Waals surface area (Å²) in [5.74, 6) is -3.57. The smallest absolute Gasteiger partial charge is 0.274 e. The van der Waals surface area contributed by atoms with Gasteiger partial charge in [0.25, 0.3) is 5.91 Å². The van der Waals surface area contributed by atoms with Crippen LogP contribution in [-0.2, 0) is 20.7 Å². The molecule has 6 heterocycles. The molecule has 1 atom stereocenters.